The van der Waals surface area contributed by atoms with Crippen molar-refractivity contribution in [3.63, 3.8) is 0 Å². The number of hydrogen-bond donors (Lipinski definition) is 2. The van der Waals surface area contributed by atoms with Crippen molar-refractivity contribution in [3.05, 3.63) is 29.8 Å². The lowest BCUT2D eigenvalue weighted by molar-refractivity contribution is 0.0168. The number of para-hydroxylation sites is 1. The minimum Gasteiger partial charge on any atom is -0.489 e. The smallest absolute Gasteiger partial charge is 0.191 e. The molecule has 2 rings (SSSR count). The Labute approximate surface area is 163 Å². The van der Waals surface area contributed by atoms with Gasteiger partial charge >= 0.3 is 0 Å². The molecule has 2 N–H and O–H groups in total. The summed E-state index contributed by atoms with van der Waals surface area (Å²) in [5.74, 6) is 1.73. The van der Waals surface area contributed by atoms with Gasteiger partial charge < -0.3 is 24.8 Å². The van der Waals surface area contributed by atoms with Gasteiger partial charge in [0.1, 0.15) is 11.9 Å². The van der Waals surface area contributed by atoms with Gasteiger partial charge in [0, 0.05) is 26.3 Å². The third-order valence-corrected chi connectivity index (χ3v) is 4.36. The highest BCUT2D eigenvalue weighted by atomic mass is 16.5. The first kappa shape index (κ1) is 21.5. The highest BCUT2D eigenvalue weighted by Gasteiger charge is 2.14. The Bertz CT molecular complexity index is 559. The van der Waals surface area contributed by atoms with Gasteiger partial charge in [-0.15, -0.1) is 0 Å². The maximum Gasteiger partial charge on any atom is 0.191 e. The van der Waals surface area contributed by atoms with Gasteiger partial charge in [-0.2, -0.15) is 0 Å². The molecule has 0 aliphatic carbocycles. The number of nitrogens with one attached hydrogen (secondary N) is 2. The van der Waals surface area contributed by atoms with E-state index in [4.69, 9.17) is 14.2 Å². The van der Waals surface area contributed by atoms with Crippen molar-refractivity contribution in [2.45, 2.75) is 52.2 Å². The maximum absolute atomic E-state index is 5.99. The van der Waals surface area contributed by atoms with E-state index in [1.165, 1.54) is 0 Å². The van der Waals surface area contributed by atoms with Gasteiger partial charge in [-0.25, -0.2) is 4.99 Å². The molecule has 2 unspecified atom stereocenters. The second-order valence-corrected chi connectivity index (χ2v) is 6.90. The maximum atomic E-state index is 5.99. The lowest BCUT2D eigenvalue weighted by Crippen LogP contribution is -2.38. The molecule has 1 aliphatic rings. The van der Waals surface area contributed by atoms with Gasteiger partial charge in [-0.05, 0) is 51.7 Å². The first-order valence-corrected chi connectivity index (χ1v) is 10.1. The van der Waals surface area contributed by atoms with Crippen molar-refractivity contribution >= 4 is 5.96 Å². The van der Waals surface area contributed by atoms with E-state index in [0.29, 0.717) is 19.3 Å². The molecular weight excluding hydrogens is 342 g/mol. The molecule has 2 atom stereocenters. The summed E-state index contributed by atoms with van der Waals surface area (Å²) in [6.07, 6.45) is 3.53. The average Bonchev–Trinajstić information content (AvgIpc) is 3.18. The minimum absolute atomic E-state index is 0.0105. The Morgan fingerprint density at radius 3 is 2.93 bits per heavy atom. The van der Waals surface area contributed by atoms with Gasteiger partial charge in [0.25, 0.3) is 0 Å². The molecule has 0 saturated carbocycles. The number of benzene rings is 1. The minimum atomic E-state index is 0.0105. The molecule has 1 saturated heterocycles. The number of ether oxygens (including phenoxy) is 3. The number of aryl methyl sites for hydroxylation is 1. The zero-order chi connectivity index (χ0) is 19.3. The number of guanidine groups is 1. The van der Waals surface area contributed by atoms with Crippen LogP contribution in [0, 0.1) is 6.92 Å². The topological polar surface area (TPSA) is 64.1 Å². The van der Waals surface area contributed by atoms with Crippen LogP contribution < -0.4 is 15.4 Å². The second-order valence-electron chi connectivity index (χ2n) is 6.90. The molecule has 6 heteroatoms. The summed E-state index contributed by atoms with van der Waals surface area (Å²) in [6, 6.07) is 8.06. The standard InChI is InChI=1S/C21H35N3O3/c1-4-22-21(23-12-8-13-25-16-19-10-7-14-26-19)24-15-18(3)27-20-11-6-5-9-17(20)2/h5-6,9,11,18-19H,4,7-8,10,12-16H2,1-3H3,(H2,22,23,24). The molecule has 0 spiro atoms. The quantitative estimate of drug-likeness (QED) is 0.353. The van der Waals surface area contributed by atoms with Gasteiger partial charge in [-0.3, -0.25) is 0 Å². The second kappa shape index (κ2) is 12.6. The Morgan fingerprint density at radius 2 is 2.19 bits per heavy atom. The fourth-order valence-corrected chi connectivity index (χ4v) is 2.88. The van der Waals surface area contributed by atoms with E-state index in [2.05, 4.69) is 35.5 Å². The fraction of sp³-hybridized carbons (Fsp3) is 0.667. The molecule has 0 radical (unpaired) electrons. The molecule has 1 aromatic carbocycles. The molecule has 0 amide bonds. The predicted molar refractivity (Wildman–Crippen MR) is 110 cm³/mol. The number of rotatable bonds is 11. The van der Waals surface area contributed by atoms with E-state index in [9.17, 15) is 0 Å². The van der Waals surface area contributed by atoms with Crippen LogP contribution in [0.2, 0.25) is 0 Å². The largest absolute Gasteiger partial charge is 0.489 e. The van der Waals surface area contributed by atoms with Gasteiger partial charge in [0.05, 0.1) is 19.3 Å². The molecule has 27 heavy (non-hydrogen) atoms. The molecule has 0 bridgehead atoms. The molecule has 1 aliphatic heterocycles. The van der Waals surface area contributed by atoms with Crippen LogP contribution in [0.15, 0.2) is 29.3 Å². The summed E-state index contributed by atoms with van der Waals surface area (Å²) in [6.45, 7) is 10.7. The molecule has 152 valence electrons. The number of hydrogen-bond acceptors (Lipinski definition) is 4. The van der Waals surface area contributed by atoms with Crippen LogP contribution in [0.5, 0.6) is 5.75 Å². The van der Waals surface area contributed by atoms with Crippen LogP contribution >= 0.6 is 0 Å². The summed E-state index contributed by atoms with van der Waals surface area (Å²) < 4.78 is 17.2. The van der Waals surface area contributed by atoms with Crippen LogP contribution in [-0.4, -0.2) is 57.6 Å². The summed E-state index contributed by atoms with van der Waals surface area (Å²) in [5.41, 5.74) is 1.14. The van der Waals surface area contributed by atoms with Crippen LogP contribution in [-0.2, 0) is 9.47 Å². The highest BCUT2D eigenvalue weighted by molar-refractivity contribution is 5.79. The van der Waals surface area contributed by atoms with Crippen LogP contribution in [0.25, 0.3) is 0 Å². The molecule has 1 aromatic rings. The third-order valence-electron chi connectivity index (χ3n) is 4.36. The van der Waals surface area contributed by atoms with Crippen LogP contribution in [0.1, 0.15) is 38.7 Å². The van der Waals surface area contributed by atoms with Crippen molar-refractivity contribution in [1.82, 2.24) is 10.6 Å². The monoisotopic (exact) mass is 377 g/mol. The van der Waals surface area contributed by atoms with Crippen molar-refractivity contribution < 1.29 is 14.2 Å². The van der Waals surface area contributed by atoms with Gasteiger partial charge in [-0.1, -0.05) is 18.2 Å². The summed E-state index contributed by atoms with van der Waals surface area (Å²) in [4.78, 5) is 4.63. The summed E-state index contributed by atoms with van der Waals surface area (Å²) in [7, 11) is 0. The Morgan fingerprint density at radius 1 is 1.33 bits per heavy atom. The van der Waals surface area contributed by atoms with E-state index < -0.39 is 0 Å². The van der Waals surface area contributed by atoms with Crippen molar-refractivity contribution in [3.8, 4) is 5.75 Å². The van der Waals surface area contributed by atoms with Crippen molar-refractivity contribution in [2.75, 3.05) is 39.5 Å². The highest BCUT2D eigenvalue weighted by Crippen LogP contribution is 2.17. The predicted octanol–water partition coefficient (Wildman–Crippen LogP) is 2.90. The number of aliphatic imine (C=N–C) groups is 1. The SMILES string of the molecule is CCNC(=NCC(C)Oc1ccccc1C)NCCCOCC1CCCO1. The first-order chi connectivity index (χ1) is 13.2. The van der Waals surface area contributed by atoms with E-state index in [-0.39, 0.29) is 6.10 Å². The summed E-state index contributed by atoms with van der Waals surface area (Å²) in [5, 5.41) is 6.62. The fourth-order valence-electron chi connectivity index (χ4n) is 2.88. The van der Waals surface area contributed by atoms with Crippen molar-refractivity contribution in [1.29, 1.82) is 0 Å². The van der Waals surface area contributed by atoms with Crippen LogP contribution in [0.4, 0.5) is 0 Å². The molecule has 1 fully saturated rings. The summed E-state index contributed by atoms with van der Waals surface area (Å²) >= 11 is 0. The van der Waals surface area contributed by atoms with Crippen molar-refractivity contribution in [2.24, 2.45) is 4.99 Å². The van der Waals surface area contributed by atoms with E-state index in [0.717, 1.165) is 62.8 Å². The van der Waals surface area contributed by atoms with Gasteiger partial charge in [0.15, 0.2) is 5.96 Å². The average molecular weight is 378 g/mol. The lowest BCUT2D eigenvalue weighted by atomic mass is 10.2. The normalized spacial score (nSPS) is 18.3. The third kappa shape index (κ3) is 8.63. The Hall–Kier alpha value is -1.79. The zero-order valence-corrected chi connectivity index (χ0v) is 17.0. The van der Waals surface area contributed by atoms with E-state index >= 15 is 0 Å². The van der Waals surface area contributed by atoms with Crippen LogP contribution in [0.3, 0.4) is 0 Å². The molecular formula is C21H35N3O3. The van der Waals surface area contributed by atoms with E-state index in [1.807, 2.05) is 25.1 Å². The lowest BCUT2D eigenvalue weighted by Gasteiger charge is -2.16. The van der Waals surface area contributed by atoms with Gasteiger partial charge in [0.2, 0.25) is 0 Å². The van der Waals surface area contributed by atoms with E-state index in [1.54, 1.807) is 0 Å². The molecule has 0 aromatic heterocycles. The number of nitrogens with zero attached hydrogens (tertiary/aromatic N) is 1. The zero-order valence-electron chi connectivity index (χ0n) is 17.0. The molecule has 1 heterocycles. The Kier molecular flexibility index (Phi) is 10.0. The molecule has 6 nitrogen and oxygen atoms in total. The Balaban J connectivity index is 1.64. The first-order valence-electron chi connectivity index (χ1n) is 10.1.